The normalized spacial score (nSPS) is 18.7. The third-order valence-corrected chi connectivity index (χ3v) is 4.57. The van der Waals surface area contributed by atoms with Crippen molar-refractivity contribution in [3.63, 3.8) is 0 Å². The van der Waals surface area contributed by atoms with Crippen molar-refractivity contribution in [3.05, 3.63) is 34.9 Å². The van der Waals surface area contributed by atoms with Crippen molar-refractivity contribution in [2.75, 3.05) is 13.1 Å². The molecule has 1 amide bonds. The molecule has 7 heteroatoms. The van der Waals surface area contributed by atoms with Crippen molar-refractivity contribution in [1.29, 1.82) is 0 Å². The van der Waals surface area contributed by atoms with Gasteiger partial charge in [-0.05, 0) is 36.9 Å². The summed E-state index contributed by atoms with van der Waals surface area (Å²) in [5.74, 6) is 0.345. The lowest BCUT2D eigenvalue weighted by Crippen LogP contribution is -2.39. The average molecular weight is 303 g/mol. The van der Waals surface area contributed by atoms with Crippen LogP contribution in [-0.4, -0.2) is 43.5 Å². The Balaban J connectivity index is 1.76. The molecule has 1 fully saturated rings. The molecule has 0 bridgehead atoms. The molecule has 3 rings (SSSR count). The van der Waals surface area contributed by atoms with Gasteiger partial charge in [-0.25, -0.2) is 9.97 Å². The van der Waals surface area contributed by atoms with Crippen molar-refractivity contribution in [2.45, 2.75) is 32.1 Å². The van der Waals surface area contributed by atoms with Gasteiger partial charge < -0.3 is 4.90 Å². The fourth-order valence-corrected chi connectivity index (χ4v) is 3.41. The van der Waals surface area contributed by atoms with Crippen LogP contribution in [0, 0.1) is 0 Å². The summed E-state index contributed by atoms with van der Waals surface area (Å²) in [7, 11) is 0. The largest absolute Gasteiger partial charge is 0.337 e. The first-order chi connectivity index (χ1) is 10.3. The third kappa shape index (κ3) is 2.92. The minimum absolute atomic E-state index is 0.0561. The van der Waals surface area contributed by atoms with E-state index in [0.29, 0.717) is 11.4 Å². The van der Waals surface area contributed by atoms with Crippen LogP contribution in [0.15, 0.2) is 18.6 Å². The summed E-state index contributed by atoms with van der Waals surface area (Å²) in [6, 6.07) is 1.93. The number of likely N-dealkylation sites (tertiary alicyclic amines) is 1. The summed E-state index contributed by atoms with van der Waals surface area (Å²) < 4.78 is 3.91. The van der Waals surface area contributed by atoms with Crippen LogP contribution < -0.4 is 0 Å². The highest BCUT2D eigenvalue weighted by molar-refractivity contribution is 7.08. The Labute approximate surface area is 127 Å². The standard InChI is InChI=1S/C14H17N5OS/c1-2-11-13(21-18-17-11)14(20)19-7-3-4-10(8-19)12-5-6-15-9-16-12/h5-6,9-10H,2-4,7-8H2,1H3/t10-/m0/s1. The van der Waals surface area contributed by atoms with E-state index in [1.807, 2.05) is 17.9 Å². The molecular formula is C14H17N5OS. The molecular weight excluding hydrogens is 286 g/mol. The number of hydrogen-bond acceptors (Lipinski definition) is 6. The lowest BCUT2D eigenvalue weighted by Gasteiger charge is -2.32. The lowest BCUT2D eigenvalue weighted by atomic mass is 9.94. The van der Waals surface area contributed by atoms with Crippen molar-refractivity contribution < 1.29 is 4.79 Å². The molecule has 1 atom stereocenters. The molecule has 6 nitrogen and oxygen atoms in total. The van der Waals surface area contributed by atoms with Gasteiger partial charge >= 0.3 is 0 Å². The zero-order chi connectivity index (χ0) is 14.7. The Hall–Kier alpha value is -1.89. The second-order valence-corrected chi connectivity index (χ2v) is 5.88. The smallest absolute Gasteiger partial charge is 0.267 e. The van der Waals surface area contributed by atoms with Crippen LogP contribution in [0.2, 0.25) is 0 Å². The van der Waals surface area contributed by atoms with E-state index in [1.165, 1.54) is 11.5 Å². The molecule has 0 radical (unpaired) electrons. The quantitative estimate of drug-likeness (QED) is 0.866. The highest BCUT2D eigenvalue weighted by Crippen LogP contribution is 2.27. The van der Waals surface area contributed by atoms with Crippen LogP contribution in [0.3, 0.4) is 0 Å². The summed E-state index contributed by atoms with van der Waals surface area (Å²) >= 11 is 1.19. The van der Waals surface area contributed by atoms with E-state index >= 15 is 0 Å². The zero-order valence-electron chi connectivity index (χ0n) is 11.9. The molecule has 0 aliphatic carbocycles. The second kappa shape index (κ2) is 6.26. The van der Waals surface area contributed by atoms with Gasteiger partial charge in [-0.2, -0.15) is 0 Å². The van der Waals surface area contributed by atoms with Gasteiger partial charge in [-0.1, -0.05) is 11.4 Å². The molecule has 1 saturated heterocycles. The highest BCUT2D eigenvalue weighted by atomic mass is 32.1. The molecule has 0 unspecified atom stereocenters. The number of rotatable bonds is 3. The average Bonchev–Trinajstić information content (AvgIpc) is 3.04. The van der Waals surface area contributed by atoms with Crippen LogP contribution in [-0.2, 0) is 6.42 Å². The van der Waals surface area contributed by atoms with Gasteiger partial charge in [0.25, 0.3) is 5.91 Å². The Bertz CT molecular complexity index is 615. The van der Waals surface area contributed by atoms with Crippen molar-refractivity contribution in [1.82, 2.24) is 24.5 Å². The van der Waals surface area contributed by atoms with Crippen molar-refractivity contribution >= 4 is 17.4 Å². The maximum Gasteiger partial charge on any atom is 0.267 e. The van der Waals surface area contributed by atoms with Crippen molar-refractivity contribution in [3.8, 4) is 0 Å². The van der Waals surface area contributed by atoms with Gasteiger partial charge in [0.1, 0.15) is 11.2 Å². The number of aryl methyl sites for hydroxylation is 1. The van der Waals surface area contributed by atoms with Crippen molar-refractivity contribution in [2.24, 2.45) is 0 Å². The number of amides is 1. The number of nitrogens with zero attached hydrogens (tertiary/aromatic N) is 5. The predicted molar refractivity (Wildman–Crippen MR) is 79.2 cm³/mol. The molecule has 2 aromatic rings. The van der Waals surface area contributed by atoms with E-state index in [9.17, 15) is 4.79 Å². The Kier molecular flexibility index (Phi) is 4.19. The summed E-state index contributed by atoms with van der Waals surface area (Å²) in [5, 5.41) is 4.03. The predicted octanol–water partition coefficient (Wildman–Crippen LogP) is 1.91. The minimum Gasteiger partial charge on any atom is -0.337 e. The first-order valence-corrected chi connectivity index (χ1v) is 7.93. The molecule has 0 spiro atoms. The number of carbonyl (C=O) groups excluding carboxylic acids is 1. The molecule has 1 aliphatic rings. The van der Waals surface area contributed by atoms with Gasteiger partial charge in [0.2, 0.25) is 0 Å². The first-order valence-electron chi connectivity index (χ1n) is 7.16. The molecule has 3 heterocycles. The van der Waals surface area contributed by atoms with Crippen LogP contribution in [0.1, 0.15) is 46.7 Å². The zero-order valence-corrected chi connectivity index (χ0v) is 12.7. The van der Waals surface area contributed by atoms with E-state index < -0.39 is 0 Å². The van der Waals surface area contributed by atoms with E-state index in [1.54, 1.807) is 12.5 Å². The summed E-state index contributed by atoms with van der Waals surface area (Å²) in [6.07, 6.45) is 6.11. The van der Waals surface area contributed by atoms with Crippen LogP contribution >= 0.6 is 11.5 Å². The number of aromatic nitrogens is 4. The topological polar surface area (TPSA) is 71.9 Å². The first kappa shape index (κ1) is 14.1. The molecule has 1 aliphatic heterocycles. The number of carbonyl (C=O) groups is 1. The van der Waals surface area contributed by atoms with Gasteiger partial charge in [-0.3, -0.25) is 4.79 Å². The van der Waals surface area contributed by atoms with Gasteiger partial charge in [0.15, 0.2) is 0 Å². The van der Waals surface area contributed by atoms with Crippen LogP contribution in [0.5, 0.6) is 0 Å². The monoisotopic (exact) mass is 303 g/mol. The second-order valence-electron chi connectivity index (χ2n) is 5.13. The molecule has 2 aromatic heterocycles. The van der Waals surface area contributed by atoms with E-state index in [4.69, 9.17) is 0 Å². The molecule has 0 aromatic carbocycles. The van der Waals surface area contributed by atoms with E-state index in [0.717, 1.165) is 37.2 Å². The summed E-state index contributed by atoms with van der Waals surface area (Å²) in [6.45, 7) is 3.49. The molecule has 0 saturated carbocycles. The highest BCUT2D eigenvalue weighted by Gasteiger charge is 2.28. The maximum absolute atomic E-state index is 12.6. The third-order valence-electron chi connectivity index (χ3n) is 3.82. The van der Waals surface area contributed by atoms with Crippen LogP contribution in [0.4, 0.5) is 0 Å². The number of piperidine rings is 1. The van der Waals surface area contributed by atoms with E-state index in [-0.39, 0.29) is 11.8 Å². The maximum atomic E-state index is 12.6. The number of hydrogen-bond donors (Lipinski definition) is 0. The van der Waals surface area contributed by atoms with E-state index in [2.05, 4.69) is 19.6 Å². The fraction of sp³-hybridized carbons (Fsp3) is 0.500. The molecule has 21 heavy (non-hydrogen) atoms. The van der Waals surface area contributed by atoms with Gasteiger partial charge in [0.05, 0.1) is 5.69 Å². The minimum atomic E-state index is 0.0561. The summed E-state index contributed by atoms with van der Waals surface area (Å²) in [5.41, 5.74) is 1.81. The molecule has 0 N–H and O–H groups in total. The lowest BCUT2D eigenvalue weighted by molar-refractivity contribution is 0.0709. The van der Waals surface area contributed by atoms with Gasteiger partial charge in [0, 0.05) is 30.9 Å². The summed E-state index contributed by atoms with van der Waals surface area (Å²) in [4.78, 5) is 23.5. The fourth-order valence-electron chi connectivity index (χ4n) is 2.69. The van der Waals surface area contributed by atoms with Crippen LogP contribution in [0.25, 0.3) is 0 Å². The van der Waals surface area contributed by atoms with Gasteiger partial charge in [-0.15, -0.1) is 5.10 Å². The Morgan fingerprint density at radius 2 is 2.43 bits per heavy atom. The Morgan fingerprint density at radius 3 is 3.19 bits per heavy atom. The molecule has 110 valence electrons. The SMILES string of the molecule is CCc1nnsc1C(=O)N1CCC[C@H](c2ccncn2)C1. The Morgan fingerprint density at radius 1 is 1.52 bits per heavy atom.